The van der Waals surface area contributed by atoms with Gasteiger partial charge >= 0.3 is 0 Å². The van der Waals surface area contributed by atoms with E-state index in [2.05, 4.69) is 10.3 Å². The number of nitrogens with one attached hydrogen (secondary N) is 1. The zero-order valence-electron chi connectivity index (χ0n) is 14.2. The summed E-state index contributed by atoms with van der Waals surface area (Å²) in [6.45, 7) is 0.0180. The quantitative estimate of drug-likeness (QED) is 0.745. The van der Waals surface area contributed by atoms with Crippen molar-refractivity contribution < 1.29 is 13.7 Å². The van der Waals surface area contributed by atoms with E-state index in [0.717, 1.165) is 16.7 Å². The predicted molar refractivity (Wildman–Crippen MR) is 103 cm³/mol. The molecule has 0 radical (unpaired) electrons. The van der Waals surface area contributed by atoms with Gasteiger partial charge in [0.1, 0.15) is 16.5 Å². The second kappa shape index (κ2) is 6.21. The van der Waals surface area contributed by atoms with Crippen LogP contribution in [0.2, 0.25) is 0 Å². The number of fused-ring (bicyclic) bond motifs is 2. The van der Waals surface area contributed by atoms with Gasteiger partial charge in [-0.15, -0.1) is 0 Å². The van der Waals surface area contributed by atoms with E-state index >= 15 is 0 Å². The molecule has 27 heavy (non-hydrogen) atoms. The van der Waals surface area contributed by atoms with Crippen LogP contribution in [0.25, 0.3) is 11.8 Å². The van der Waals surface area contributed by atoms with Crippen LogP contribution < -0.4 is 10.1 Å². The van der Waals surface area contributed by atoms with Gasteiger partial charge in [0, 0.05) is 18.6 Å². The number of imidazole rings is 1. The van der Waals surface area contributed by atoms with E-state index < -0.39 is 10.8 Å². The molecule has 0 bridgehead atoms. The van der Waals surface area contributed by atoms with Crippen molar-refractivity contribution in [1.82, 2.24) is 9.55 Å². The smallest absolute Gasteiger partial charge is 0.262 e. The third-order valence-electron chi connectivity index (χ3n) is 4.64. The molecule has 1 amide bonds. The molecule has 1 aromatic heterocycles. The second-order valence-corrected chi connectivity index (χ2v) is 7.77. The van der Waals surface area contributed by atoms with E-state index in [1.165, 1.54) is 0 Å². The van der Waals surface area contributed by atoms with Gasteiger partial charge in [0.05, 0.1) is 10.9 Å². The fraction of sp³-hybridized carbons (Fsp3) is 0.100. The number of carbonyl (C=O) groups excluding carboxylic acids is 1. The molecular weight excluding hydrogens is 362 g/mol. The SMILES string of the molecule is O=C1COc2ccc(C3=Cn4ccnc4S(=O)C3c3ccccc3)cc2N1. The Labute approximate surface area is 158 Å². The maximum absolute atomic E-state index is 13.3. The Morgan fingerprint density at radius 2 is 2.04 bits per heavy atom. The molecule has 2 atom stereocenters. The normalized spacial score (nSPS) is 20.7. The van der Waals surface area contributed by atoms with Gasteiger partial charge in [-0.25, -0.2) is 4.98 Å². The molecule has 2 aliphatic heterocycles. The highest BCUT2D eigenvalue weighted by Crippen LogP contribution is 2.42. The summed E-state index contributed by atoms with van der Waals surface area (Å²) < 4.78 is 20.5. The molecule has 2 aromatic carbocycles. The lowest BCUT2D eigenvalue weighted by molar-refractivity contribution is -0.118. The molecule has 6 nitrogen and oxygen atoms in total. The third kappa shape index (κ3) is 2.67. The third-order valence-corrected chi connectivity index (χ3v) is 6.27. The zero-order chi connectivity index (χ0) is 18.4. The number of hydrogen-bond acceptors (Lipinski definition) is 4. The number of benzene rings is 2. The lowest BCUT2D eigenvalue weighted by Crippen LogP contribution is -2.25. The van der Waals surface area contributed by atoms with Crippen LogP contribution in [0.1, 0.15) is 16.4 Å². The minimum Gasteiger partial charge on any atom is -0.482 e. The Morgan fingerprint density at radius 3 is 2.89 bits per heavy atom. The fourth-order valence-corrected chi connectivity index (χ4v) is 4.94. The Balaban J connectivity index is 1.67. The average Bonchev–Trinajstić information content (AvgIpc) is 3.17. The second-order valence-electron chi connectivity index (χ2n) is 6.34. The van der Waals surface area contributed by atoms with Crippen molar-refractivity contribution in [1.29, 1.82) is 0 Å². The number of rotatable bonds is 2. The van der Waals surface area contributed by atoms with E-state index in [0.29, 0.717) is 16.6 Å². The molecule has 0 aliphatic carbocycles. The van der Waals surface area contributed by atoms with Gasteiger partial charge in [-0.3, -0.25) is 13.6 Å². The van der Waals surface area contributed by atoms with Gasteiger partial charge in [-0.2, -0.15) is 0 Å². The first kappa shape index (κ1) is 16.0. The van der Waals surface area contributed by atoms with E-state index in [-0.39, 0.29) is 17.8 Å². The Hall–Kier alpha value is -3.19. The molecule has 3 heterocycles. The number of anilines is 1. The largest absolute Gasteiger partial charge is 0.482 e. The van der Waals surface area contributed by atoms with Crippen LogP contribution in [0, 0.1) is 0 Å². The van der Waals surface area contributed by atoms with Crippen LogP contribution in [-0.4, -0.2) is 26.3 Å². The van der Waals surface area contributed by atoms with E-state index in [4.69, 9.17) is 4.74 Å². The van der Waals surface area contributed by atoms with Crippen molar-refractivity contribution in [2.45, 2.75) is 10.4 Å². The maximum Gasteiger partial charge on any atom is 0.262 e. The van der Waals surface area contributed by atoms with Gasteiger partial charge in [0.15, 0.2) is 6.61 Å². The summed E-state index contributed by atoms with van der Waals surface area (Å²) in [7, 11) is -1.35. The van der Waals surface area contributed by atoms with Crippen LogP contribution >= 0.6 is 0 Å². The Bertz CT molecular complexity index is 1100. The summed E-state index contributed by atoms with van der Waals surface area (Å²) in [5.74, 6) is 0.452. The molecule has 0 fully saturated rings. The van der Waals surface area contributed by atoms with E-state index in [9.17, 15) is 9.00 Å². The molecule has 2 unspecified atom stereocenters. The highest BCUT2D eigenvalue weighted by molar-refractivity contribution is 7.85. The first-order valence-corrected chi connectivity index (χ1v) is 9.69. The van der Waals surface area contributed by atoms with Crippen LogP contribution in [-0.2, 0) is 15.6 Å². The van der Waals surface area contributed by atoms with Crippen molar-refractivity contribution in [3.63, 3.8) is 0 Å². The van der Waals surface area contributed by atoms with Crippen LogP contribution in [0.5, 0.6) is 5.75 Å². The Kier molecular flexibility index (Phi) is 3.68. The van der Waals surface area contributed by atoms with Crippen molar-refractivity contribution in [2.24, 2.45) is 0 Å². The van der Waals surface area contributed by atoms with Crippen LogP contribution in [0.3, 0.4) is 0 Å². The average molecular weight is 377 g/mol. The topological polar surface area (TPSA) is 73.2 Å². The lowest BCUT2D eigenvalue weighted by atomic mass is 9.97. The Morgan fingerprint density at radius 1 is 1.19 bits per heavy atom. The number of amides is 1. The molecule has 1 N–H and O–H groups in total. The predicted octanol–water partition coefficient (Wildman–Crippen LogP) is 3.07. The summed E-state index contributed by atoms with van der Waals surface area (Å²) in [6, 6.07) is 15.4. The molecule has 2 aliphatic rings. The molecule has 0 saturated heterocycles. The fourth-order valence-electron chi connectivity index (χ4n) is 3.41. The van der Waals surface area contributed by atoms with Crippen molar-refractivity contribution in [3.05, 3.63) is 72.1 Å². The van der Waals surface area contributed by atoms with Crippen molar-refractivity contribution in [3.8, 4) is 5.75 Å². The summed E-state index contributed by atoms with van der Waals surface area (Å²) in [5, 5.41) is 3.02. The summed E-state index contributed by atoms with van der Waals surface area (Å²) in [4.78, 5) is 15.9. The molecule has 0 saturated carbocycles. The van der Waals surface area contributed by atoms with Gasteiger partial charge in [0.25, 0.3) is 5.91 Å². The van der Waals surface area contributed by atoms with Gasteiger partial charge in [0.2, 0.25) is 5.16 Å². The lowest BCUT2D eigenvalue weighted by Gasteiger charge is -2.26. The standard InChI is InChI=1S/C20H15N3O3S/c24-18-12-26-17-7-6-14(10-16(17)22-18)15-11-23-9-8-21-20(23)27(25)19(15)13-4-2-1-3-5-13/h1-11,19H,12H2,(H,22,24). The molecule has 0 spiro atoms. The summed E-state index contributed by atoms with van der Waals surface area (Å²) in [6.07, 6.45) is 5.39. The van der Waals surface area contributed by atoms with E-state index in [1.807, 2.05) is 54.7 Å². The molecular formula is C20H15N3O3S. The molecule has 134 valence electrons. The number of nitrogens with zero attached hydrogens (tertiary/aromatic N) is 2. The molecule has 3 aromatic rings. The number of carbonyl (C=O) groups is 1. The van der Waals surface area contributed by atoms with Crippen molar-refractivity contribution in [2.75, 3.05) is 11.9 Å². The number of aromatic nitrogens is 2. The number of ether oxygens (including phenoxy) is 1. The van der Waals surface area contributed by atoms with Crippen LogP contribution in [0.15, 0.2) is 66.1 Å². The summed E-state index contributed by atoms with van der Waals surface area (Å²) in [5.41, 5.74) is 3.35. The highest BCUT2D eigenvalue weighted by atomic mass is 32.2. The van der Waals surface area contributed by atoms with E-state index in [1.54, 1.807) is 17.0 Å². The monoisotopic (exact) mass is 377 g/mol. The zero-order valence-corrected chi connectivity index (χ0v) is 15.0. The molecule has 5 rings (SSSR count). The van der Waals surface area contributed by atoms with Gasteiger partial charge in [-0.05, 0) is 28.8 Å². The van der Waals surface area contributed by atoms with Gasteiger partial charge < -0.3 is 10.1 Å². The molecule has 7 heteroatoms. The highest BCUT2D eigenvalue weighted by Gasteiger charge is 2.32. The first-order chi connectivity index (χ1) is 13.2. The van der Waals surface area contributed by atoms with Gasteiger partial charge in [-0.1, -0.05) is 36.4 Å². The minimum atomic E-state index is -1.35. The maximum atomic E-state index is 13.3. The van der Waals surface area contributed by atoms with Crippen LogP contribution in [0.4, 0.5) is 5.69 Å². The first-order valence-electron chi connectivity index (χ1n) is 8.48. The number of hydrogen-bond donors (Lipinski definition) is 1. The van der Waals surface area contributed by atoms with Crippen molar-refractivity contribution >= 4 is 34.2 Å². The minimum absolute atomic E-state index is 0.0180. The summed E-state index contributed by atoms with van der Waals surface area (Å²) >= 11 is 0.